The van der Waals surface area contributed by atoms with E-state index in [0.29, 0.717) is 16.5 Å². The molecule has 1 heterocycles. The van der Waals surface area contributed by atoms with Crippen molar-refractivity contribution in [1.82, 2.24) is 4.98 Å². The van der Waals surface area contributed by atoms with E-state index in [4.69, 9.17) is 16.3 Å². The van der Waals surface area contributed by atoms with Gasteiger partial charge in [-0.25, -0.2) is 4.98 Å². The molecule has 4 nitrogen and oxygen atoms in total. The van der Waals surface area contributed by atoms with Crippen LogP contribution in [0.3, 0.4) is 0 Å². The zero-order chi connectivity index (χ0) is 14.7. The van der Waals surface area contributed by atoms with Gasteiger partial charge in [-0.3, -0.25) is 4.79 Å². The van der Waals surface area contributed by atoms with Crippen LogP contribution < -0.4 is 10.1 Å². The van der Waals surface area contributed by atoms with Gasteiger partial charge in [0.2, 0.25) is 5.95 Å². The minimum atomic E-state index is -0.711. The first kappa shape index (κ1) is 14.3. The zero-order valence-corrected chi connectivity index (χ0v) is 11.7. The Hall–Kier alpha value is -2.14. The van der Waals surface area contributed by atoms with Crippen molar-refractivity contribution in [2.75, 3.05) is 12.4 Å². The summed E-state index contributed by atoms with van der Waals surface area (Å²) in [6, 6.07) is 5.79. The number of ether oxygens (including phenoxy) is 1. The van der Waals surface area contributed by atoms with Gasteiger partial charge in [0, 0.05) is 28.9 Å². The number of carbonyl (C=O) groups is 1. The average Bonchev–Trinajstić information content (AvgIpc) is 2.42. The molecule has 0 unspecified atom stereocenters. The Kier molecular flexibility index (Phi) is 4.20. The lowest BCUT2D eigenvalue weighted by atomic mass is 10.2. The molecule has 2 aromatic rings. The molecule has 104 valence electrons. The van der Waals surface area contributed by atoms with Crippen LogP contribution in [0.2, 0.25) is 5.02 Å². The van der Waals surface area contributed by atoms with E-state index in [1.54, 1.807) is 12.1 Å². The Morgan fingerprint density at radius 3 is 2.80 bits per heavy atom. The molecule has 0 saturated heterocycles. The zero-order valence-electron chi connectivity index (χ0n) is 10.9. The number of hydrogen-bond donors (Lipinski definition) is 1. The van der Waals surface area contributed by atoms with Gasteiger partial charge in [-0.1, -0.05) is 11.6 Å². The number of amides is 1. The van der Waals surface area contributed by atoms with Gasteiger partial charge in [0.05, 0.1) is 12.8 Å². The fourth-order valence-electron chi connectivity index (χ4n) is 1.67. The molecule has 1 amide bonds. The Morgan fingerprint density at radius 2 is 2.15 bits per heavy atom. The number of methoxy groups -OCH3 is 1. The molecule has 0 aliphatic rings. The molecule has 0 bridgehead atoms. The molecule has 0 saturated carbocycles. The number of aromatic nitrogens is 1. The summed E-state index contributed by atoms with van der Waals surface area (Å²) in [6.07, 6.45) is 1.23. The SMILES string of the molecule is COc1cc(Cl)c(C)cc1NC(=O)c1ccnc(F)c1. The Labute approximate surface area is 120 Å². The summed E-state index contributed by atoms with van der Waals surface area (Å²) in [7, 11) is 1.47. The van der Waals surface area contributed by atoms with Gasteiger partial charge in [0.25, 0.3) is 5.91 Å². The summed E-state index contributed by atoms with van der Waals surface area (Å²) in [5.41, 5.74) is 1.44. The minimum absolute atomic E-state index is 0.173. The predicted octanol–water partition coefficient (Wildman–Crippen LogP) is 3.44. The summed E-state index contributed by atoms with van der Waals surface area (Å²) in [5, 5.41) is 3.19. The second-order valence-corrected chi connectivity index (χ2v) is 4.53. The van der Waals surface area contributed by atoms with Crippen molar-refractivity contribution in [3.63, 3.8) is 0 Å². The molecular weight excluding hydrogens is 283 g/mol. The predicted molar refractivity (Wildman–Crippen MR) is 74.9 cm³/mol. The highest BCUT2D eigenvalue weighted by atomic mass is 35.5. The van der Waals surface area contributed by atoms with Crippen LogP contribution in [0.25, 0.3) is 0 Å². The fourth-order valence-corrected chi connectivity index (χ4v) is 1.82. The Balaban J connectivity index is 2.30. The molecule has 1 aromatic heterocycles. The van der Waals surface area contributed by atoms with Crippen molar-refractivity contribution < 1.29 is 13.9 Å². The number of anilines is 1. The van der Waals surface area contributed by atoms with Crippen LogP contribution in [-0.4, -0.2) is 18.0 Å². The highest BCUT2D eigenvalue weighted by Gasteiger charge is 2.12. The number of aryl methyl sites for hydroxylation is 1. The Morgan fingerprint density at radius 1 is 1.40 bits per heavy atom. The monoisotopic (exact) mass is 294 g/mol. The number of benzene rings is 1. The van der Waals surface area contributed by atoms with Crippen LogP contribution >= 0.6 is 11.6 Å². The third-order valence-electron chi connectivity index (χ3n) is 2.72. The highest BCUT2D eigenvalue weighted by molar-refractivity contribution is 6.31. The molecule has 0 spiro atoms. The number of pyridine rings is 1. The van der Waals surface area contributed by atoms with E-state index in [0.717, 1.165) is 11.6 Å². The van der Waals surface area contributed by atoms with Crippen LogP contribution in [-0.2, 0) is 0 Å². The molecule has 6 heteroatoms. The molecule has 1 aromatic carbocycles. The maximum absolute atomic E-state index is 13.0. The van der Waals surface area contributed by atoms with E-state index >= 15 is 0 Å². The van der Waals surface area contributed by atoms with Crippen LogP contribution in [0.4, 0.5) is 10.1 Å². The van der Waals surface area contributed by atoms with E-state index < -0.39 is 11.9 Å². The minimum Gasteiger partial charge on any atom is -0.495 e. The van der Waals surface area contributed by atoms with Crippen molar-refractivity contribution in [2.45, 2.75) is 6.92 Å². The smallest absolute Gasteiger partial charge is 0.255 e. The number of halogens is 2. The second-order valence-electron chi connectivity index (χ2n) is 4.12. The normalized spacial score (nSPS) is 10.2. The van der Waals surface area contributed by atoms with Crippen molar-refractivity contribution >= 4 is 23.2 Å². The quantitative estimate of drug-likeness (QED) is 0.882. The number of hydrogen-bond acceptors (Lipinski definition) is 3. The summed E-state index contributed by atoms with van der Waals surface area (Å²) >= 11 is 5.99. The molecule has 0 fully saturated rings. The summed E-state index contributed by atoms with van der Waals surface area (Å²) < 4.78 is 18.2. The Bertz CT molecular complexity index is 662. The number of nitrogens with one attached hydrogen (secondary N) is 1. The molecule has 1 N–H and O–H groups in total. The molecule has 2 rings (SSSR count). The van der Waals surface area contributed by atoms with Gasteiger partial charge in [0.15, 0.2) is 0 Å². The lowest BCUT2D eigenvalue weighted by Crippen LogP contribution is -2.13. The van der Waals surface area contributed by atoms with E-state index in [1.165, 1.54) is 19.4 Å². The van der Waals surface area contributed by atoms with Gasteiger partial charge in [-0.2, -0.15) is 4.39 Å². The lowest BCUT2D eigenvalue weighted by molar-refractivity contribution is 0.102. The van der Waals surface area contributed by atoms with Crippen LogP contribution in [0.5, 0.6) is 5.75 Å². The molecule has 0 atom stereocenters. The van der Waals surface area contributed by atoms with Crippen molar-refractivity contribution in [3.05, 3.63) is 52.6 Å². The van der Waals surface area contributed by atoms with Crippen LogP contribution in [0.1, 0.15) is 15.9 Å². The maximum atomic E-state index is 13.0. The van der Waals surface area contributed by atoms with E-state index in [9.17, 15) is 9.18 Å². The first-order valence-electron chi connectivity index (χ1n) is 5.78. The number of carbonyl (C=O) groups excluding carboxylic acids is 1. The second kappa shape index (κ2) is 5.88. The summed E-state index contributed by atoms with van der Waals surface area (Å²) in [6.45, 7) is 1.81. The van der Waals surface area contributed by atoms with Crippen LogP contribution in [0, 0.1) is 12.9 Å². The van der Waals surface area contributed by atoms with E-state index in [-0.39, 0.29) is 5.56 Å². The van der Waals surface area contributed by atoms with Gasteiger partial charge >= 0.3 is 0 Å². The largest absolute Gasteiger partial charge is 0.495 e. The maximum Gasteiger partial charge on any atom is 0.255 e. The van der Waals surface area contributed by atoms with Gasteiger partial charge in [0.1, 0.15) is 5.75 Å². The van der Waals surface area contributed by atoms with Crippen molar-refractivity contribution in [1.29, 1.82) is 0 Å². The summed E-state index contributed by atoms with van der Waals surface area (Å²) in [5.74, 6) is -0.730. The van der Waals surface area contributed by atoms with Gasteiger partial charge < -0.3 is 10.1 Å². The standard InChI is InChI=1S/C14H12ClFN2O2/c1-8-5-11(12(20-2)7-10(8)15)18-14(19)9-3-4-17-13(16)6-9/h3-7H,1-2H3,(H,18,19). The topological polar surface area (TPSA) is 51.2 Å². The first-order chi connectivity index (χ1) is 9.51. The molecular formula is C14H12ClFN2O2. The van der Waals surface area contributed by atoms with E-state index in [1.807, 2.05) is 6.92 Å². The molecule has 20 heavy (non-hydrogen) atoms. The third-order valence-corrected chi connectivity index (χ3v) is 3.12. The van der Waals surface area contributed by atoms with Crippen molar-refractivity contribution in [2.24, 2.45) is 0 Å². The molecule has 0 aliphatic heterocycles. The lowest BCUT2D eigenvalue weighted by Gasteiger charge is -2.12. The highest BCUT2D eigenvalue weighted by Crippen LogP contribution is 2.31. The fraction of sp³-hybridized carbons (Fsp3) is 0.143. The number of nitrogens with zero attached hydrogens (tertiary/aromatic N) is 1. The van der Waals surface area contributed by atoms with E-state index in [2.05, 4.69) is 10.3 Å². The number of rotatable bonds is 3. The van der Waals surface area contributed by atoms with Crippen LogP contribution in [0.15, 0.2) is 30.5 Å². The average molecular weight is 295 g/mol. The molecule has 0 radical (unpaired) electrons. The third kappa shape index (κ3) is 3.05. The first-order valence-corrected chi connectivity index (χ1v) is 6.16. The summed E-state index contributed by atoms with van der Waals surface area (Å²) in [4.78, 5) is 15.4. The molecule has 0 aliphatic carbocycles. The van der Waals surface area contributed by atoms with Crippen molar-refractivity contribution in [3.8, 4) is 5.75 Å². The van der Waals surface area contributed by atoms with Gasteiger partial charge in [-0.15, -0.1) is 0 Å². The van der Waals surface area contributed by atoms with Gasteiger partial charge in [-0.05, 0) is 24.6 Å².